The molecule has 8 rings (SSSR count). The zero-order chi connectivity index (χ0) is 35.7. The van der Waals surface area contributed by atoms with Gasteiger partial charge in [0.2, 0.25) is 0 Å². The molecular weight excluding hydrogens is 627 g/mol. The molecule has 0 aliphatic rings. The molecule has 252 valence electrons. The molecule has 0 amide bonds. The normalized spacial score (nSPS) is 10.6. The van der Waals surface area contributed by atoms with Gasteiger partial charge in [-0.1, -0.05) is 175 Å². The first-order chi connectivity index (χ1) is 25.5. The van der Waals surface area contributed by atoms with Crippen LogP contribution in [0.2, 0.25) is 0 Å². The third-order valence-corrected chi connectivity index (χ3v) is 9.53. The molecule has 0 N–H and O–H groups in total. The molecule has 0 unspecified atom stereocenters. The molecule has 0 radical (unpaired) electrons. The number of nitrogens with zero attached hydrogens (tertiary/aromatic N) is 1. The summed E-state index contributed by atoms with van der Waals surface area (Å²) in [5.41, 5.74) is 17.3. The molecule has 0 fully saturated rings. The zero-order valence-corrected chi connectivity index (χ0v) is 30.1. The van der Waals surface area contributed by atoms with Gasteiger partial charge in [0.05, 0.1) is 0 Å². The van der Waals surface area contributed by atoms with E-state index in [4.69, 9.17) is 0 Å². The van der Waals surface area contributed by atoms with Crippen molar-refractivity contribution in [3.05, 3.63) is 223 Å². The Balaban J connectivity index is 0.000000251. The first kappa shape index (κ1) is 34.0. The van der Waals surface area contributed by atoms with E-state index in [-0.39, 0.29) is 0 Å². The van der Waals surface area contributed by atoms with Gasteiger partial charge in [0.15, 0.2) is 0 Å². The molecule has 0 aliphatic carbocycles. The summed E-state index contributed by atoms with van der Waals surface area (Å²) in [7, 11) is 0. The van der Waals surface area contributed by atoms with Crippen LogP contribution in [0.25, 0.3) is 44.5 Å². The van der Waals surface area contributed by atoms with Crippen molar-refractivity contribution in [2.75, 3.05) is 4.90 Å². The second-order valence-corrected chi connectivity index (χ2v) is 13.2. The SMILES string of the molecule is Cc1ccc(-c2cccc(N(c3ccc(-c4ccccc4)cc3)c3ccc(-c4ccccc4)cc3)c2)cc1.Cc1ccccc1-c1ccccc1C. The monoisotopic (exact) mass is 669 g/mol. The first-order valence-electron chi connectivity index (χ1n) is 17.9. The second-order valence-electron chi connectivity index (χ2n) is 13.2. The van der Waals surface area contributed by atoms with E-state index in [9.17, 15) is 0 Å². The summed E-state index contributed by atoms with van der Waals surface area (Å²) >= 11 is 0. The van der Waals surface area contributed by atoms with Crippen molar-refractivity contribution in [3.63, 3.8) is 0 Å². The molecule has 0 aliphatic heterocycles. The number of hydrogen-bond acceptors (Lipinski definition) is 1. The van der Waals surface area contributed by atoms with E-state index in [1.165, 1.54) is 61.2 Å². The van der Waals surface area contributed by atoms with Crippen LogP contribution in [-0.4, -0.2) is 0 Å². The van der Waals surface area contributed by atoms with Crippen LogP contribution in [-0.2, 0) is 0 Å². The quantitative estimate of drug-likeness (QED) is 0.163. The van der Waals surface area contributed by atoms with Crippen LogP contribution in [0.4, 0.5) is 17.1 Å². The summed E-state index contributed by atoms with van der Waals surface area (Å²) in [6.45, 7) is 6.43. The van der Waals surface area contributed by atoms with Crippen LogP contribution in [0.1, 0.15) is 16.7 Å². The van der Waals surface area contributed by atoms with E-state index in [2.05, 4.69) is 232 Å². The first-order valence-corrected chi connectivity index (χ1v) is 17.9. The molecule has 0 saturated heterocycles. The van der Waals surface area contributed by atoms with Gasteiger partial charge in [0.1, 0.15) is 0 Å². The number of rotatable bonds is 7. The average Bonchev–Trinajstić information content (AvgIpc) is 3.20. The Morgan fingerprint density at radius 2 is 0.635 bits per heavy atom. The lowest BCUT2D eigenvalue weighted by Crippen LogP contribution is -2.10. The van der Waals surface area contributed by atoms with Gasteiger partial charge in [-0.15, -0.1) is 0 Å². The number of benzene rings is 8. The Morgan fingerprint density at radius 3 is 1.10 bits per heavy atom. The minimum Gasteiger partial charge on any atom is -0.310 e. The van der Waals surface area contributed by atoms with Crippen LogP contribution in [0, 0.1) is 20.8 Å². The fourth-order valence-corrected chi connectivity index (χ4v) is 6.64. The van der Waals surface area contributed by atoms with E-state index in [0.717, 1.165) is 17.1 Å². The van der Waals surface area contributed by atoms with Gasteiger partial charge >= 0.3 is 0 Å². The lowest BCUT2D eigenvalue weighted by Gasteiger charge is -2.26. The summed E-state index contributed by atoms with van der Waals surface area (Å²) in [4.78, 5) is 2.33. The molecule has 8 aromatic rings. The number of aryl methyl sites for hydroxylation is 3. The maximum atomic E-state index is 2.33. The smallest absolute Gasteiger partial charge is 0.0467 e. The maximum absolute atomic E-state index is 2.33. The van der Waals surface area contributed by atoms with Crippen molar-refractivity contribution in [3.8, 4) is 44.5 Å². The molecule has 52 heavy (non-hydrogen) atoms. The summed E-state index contributed by atoms with van der Waals surface area (Å²) in [5.74, 6) is 0. The van der Waals surface area contributed by atoms with E-state index >= 15 is 0 Å². The molecule has 0 aromatic heterocycles. The van der Waals surface area contributed by atoms with Gasteiger partial charge in [0, 0.05) is 17.1 Å². The summed E-state index contributed by atoms with van der Waals surface area (Å²) < 4.78 is 0. The molecule has 0 saturated carbocycles. The van der Waals surface area contributed by atoms with E-state index in [1.54, 1.807) is 0 Å². The topological polar surface area (TPSA) is 3.24 Å². The fraction of sp³-hybridized carbons (Fsp3) is 0.0588. The molecule has 1 heteroatoms. The van der Waals surface area contributed by atoms with Gasteiger partial charge in [-0.25, -0.2) is 0 Å². The van der Waals surface area contributed by atoms with Gasteiger partial charge in [-0.05, 0) is 113 Å². The Kier molecular flexibility index (Phi) is 10.5. The van der Waals surface area contributed by atoms with Gasteiger partial charge < -0.3 is 4.90 Å². The minimum atomic E-state index is 1.12. The van der Waals surface area contributed by atoms with E-state index < -0.39 is 0 Å². The van der Waals surface area contributed by atoms with Crippen LogP contribution in [0.15, 0.2) is 206 Å². The standard InChI is InChI=1S/C37H29N.C14H14/c1-28-15-17-33(18-16-28)34-13-8-14-37(27-34)38(35-23-19-31(20-24-35)29-9-4-2-5-10-29)36-25-21-32(22-26-36)30-11-6-3-7-12-30;1-11-7-3-5-9-13(11)14-10-6-4-8-12(14)2/h2-27H,1H3;3-10H,1-2H3. The molecular formula is C51H43N. The number of anilines is 3. The zero-order valence-electron chi connectivity index (χ0n) is 30.1. The van der Waals surface area contributed by atoms with Gasteiger partial charge in [0.25, 0.3) is 0 Å². The highest BCUT2D eigenvalue weighted by molar-refractivity contribution is 5.82. The van der Waals surface area contributed by atoms with Crippen molar-refractivity contribution in [1.82, 2.24) is 0 Å². The van der Waals surface area contributed by atoms with Crippen LogP contribution >= 0.6 is 0 Å². The predicted molar refractivity (Wildman–Crippen MR) is 224 cm³/mol. The lowest BCUT2D eigenvalue weighted by molar-refractivity contribution is 1.28. The van der Waals surface area contributed by atoms with Crippen molar-refractivity contribution in [2.24, 2.45) is 0 Å². The second kappa shape index (κ2) is 16.1. The molecule has 0 spiro atoms. The third kappa shape index (κ3) is 7.96. The molecule has 8 aromatic carbocycles. The Hall–Kier alpha value is -6.44. The predicted octanol–water partition coefficient (Wildman–Crippen LogP) is 14.4. The highest BCUT2D eigenvalue weighted by atomic mass is 15.1. The molecule has 0 atom stereocenters. The van der Waals surface area contributed by atoms with Crippen molar-refractivity contribution in [1.29, 1.82) is 0 Å². The summed E-state index contributed by atoms with van der Waals surface area (Å²) in [5, 5.41) is 0. The van der Waals surface area contributed by atoms with E-state index in [0.29, 0.717) is 0 Å². The summed E-state index contributed by atoms with van der Waals surface area (Å²) in [6, 6.07) is 73.3. The van der Waals surface area contributed by atoms with Gasteiger partial charge in [-0.3, -0.25) is 0 Å². The van der Waals surface area contributed by atoms with Crippen LogP contribution in [0.5, 0.6) is 0 Å². The maximum Gasteiger partial charge on any atom is 0.0467 e. The average molecular weight is 670 g/mol. The van der Waals surface area contributed by atoms with Crippen molar-refractivity contribution in [2.45, 2.75) is 20.8 Å². The minimum absolute atomic E-state index is 1.12. The lowest BCUT2D eigenvalue weighted by atomic mass is 9.97. The third-order valence-electron chi connectivity index (χ3n) is 9.53. The van der Waals surface area contributed by atoms with Crippen LogP contribution < -0.4 is 4.90 Å². The molecule has 1 nitrogen and oxygen atoms in total. The fourth-order valence-electron chi connectivity index (χ4n) is 6.64. The highest BCUT2D eigenvalue weighted by Crippen LogP contribution is 2.38. The Labute approximate surface area is 309 Å². The highest BCUT2D eigenvalue weighted by Gasteiger charge is 2.14. The molecule has 0 bridgehead atoms. The Morgan fingerprint density at radius 1 is 0.269 bits per heavy atom. The van der Waals surface area contributed by atoms with Crippen LogP contribution in [0.3, 0.4) is 0 Å². The van der Waals surface area contributed by atoms with Crippen molar-refractivity contribution < 1.29 is 0 Å². The largest absolute Gasteiger partial charge is 0.310 e. The van der Waals surface area contributed by atoms with E-state index in [1.807, 2.05) is 0 Å². The Bertz CT molecular complexity index is 2210. The summed E-state index contributed by atoms with van der Waals surface area (Å²) in [6.07, 6.45) is 0. The number of hydrogen-bond donors (Lipinski definition) is 0. The van der Waals surface area contributed by atoms with Gasteiger partial charge in [-0.2, -0.15) is 0 Å². The molecule has 0 heterocycles. The van der Waals surface area contributed by atoms with Crippen molar-refractivity contribution >= 4 is 17.1 Å².